The number of aliphatic hydroxyl groups excluding tert-OH is 1. The van der Waals surface area contributed by atoms with E-state index >= 15 is 0 Å². The average molecular weight is 219 g/mol. The fourth-order valence-corrected chi connectivity index (χ4v) is 3.60. The van der Waals surface area contributed by atoms with Gasteiger partial charge in [-0.05, 0) is 31.6 Å². The van der Waals surface area contributed by atoms with E-state index in [2.05, 4.69) is 0 Å². The van der Waals surface area contributed by atoms with Gasteiger partial charge in [0.2, 0.25) is 10.0 Å². The first-order valence-corrected chi connectivity index (χ1v) is 6.63. The molecule has 0 heterocycles. The van der Waals surface area contributed by atoms with Crippen molar-refractivity contribution in [3.63, 3.8) is 0 Å². The van der Waals surface area contributed by atoms with Crippen LogP contribution >= 0.6 is 0 Å². The molecule has 2 aliphatic carbocycles. The summed E-state index contributed by atoms with van der Waals surface area (Å²) in [5.74, 6) is 0.364. The van der Waals surface area contributed by atoms with Crippen LogP contribution < -0.4 is 0 Å². The SMILES string of the molecule is CN(CC1CC(O)C1)S(=O)(=O)C1CC1. The van der Waals surface area contributed by atoms with Crippen LogP contribution in [0.15, 0.2) is 0 Å². The molecule has 2 saturated carbocycles. The number of hydrogen-bond acceptors (Lipinski definition) is 3. The number of rotatable bonds is 4. The molecule has 14 heavy (non-hydrogen) atoms. The fraction of sp³-hybridized carbons (Fsp3) is 1.00. The molecular weight excluding hydrogens is 202 g/mol. The predicted octanol–water partition coefficient (Wildman–Crippen LogP) is 0.181. The maximum Gasteiger partial charge on any atom is 0.216 e. The molecule has 0 saturated heterocycles. The molecule has 0 aromatic carbocycles. The van der Waals surface area contributed by atoms with Crippen molar-refractivity contribution in [2.45, 2.75) is 37.0 Å². The Hall–Kier alpha value is -0.130. The molecule has 2 fully saturated rings. The monoisotopic (exact) mass is 219 g/mol. The molecule has 82 valence electrons. The lowest BCUT2D eigenvalue weighted by molar-refractivity contribution is 0.0367. The molecule has 0 radical (unpaired) electrons. The van der Waals surface area contributed by atoms with Crippen molar-refractivity contribution in [1.29, 1.82) is 0 Å². The quantitative estimate of drug-likeness (QED) is 0.734. The summed E-state index contributed by atoms with van der Waals surface area (Å²) in [7, 11) is -1.35. The van der Waals surface area contributed by atoms with Crippen LogP contribution in [0, 0.1) is 5.92 Å². The van der Waals surface area contributed by atoms with Gasteiger partial charge in [0.15, 0.2) is 0 Å². The van der Waals surface area contributed by atoms with Gasteiger partial charge in [-0.3, -0.25) is 0 Å². The van der Waals surface area contributed by atoms with Crippen LogP contribution in [0.1, 0.15) is 25.7 Å². The third-order valence-electron chi connectivity index (χ3n) is 3.11. The van der Waals surface area contributed by atoms with Gasteiger partial charge in [0.1, 0.15) is 0 Å². The lowest BCUT2D eigenvalue weighted by Gasteiger charge is -2.34. The highest BCUT2D eigenvalue weighted by Crippen LogP contribution is 2.33. The van der Waals surface area contributed by atoms with Crippen LogP contribution in [0.25, 0.3) is 0 Å². The standard InChI is InChI=1S/C9H17NO3S/c1-10(6-7-4-8(11)5-7)14(12,13)9-2-3-9/h7-9,11H,2-6H2,1H3. The van der Waals surface area contributed by atoms with Crippen LogP contribution in [-0.2, 0) is 10.0 Å². The van der Waals surface area contributed by atoms with E-state index in [0.717, 1.165) is 25.7 Å². The molecule has 0 unspecified atom stereocenters. The van der Waals surface area contributed by atoms with Crippen molar-refractivity contribution < 1.29 is 13.5 Å². The third-order valence-corrected chi connectivity index (χ3v) is 5.44. The molecule has 1 N–H and O–H groups in total. The molecule has 0 aliphatic heterocycles. The van der Waals surface area contributed by atoms with Gasteiger partial charge < -0.3 is 5.11 Å². The minimum Gasteiger partial charge on any atom is -0.393 e. The lowest BCUT2D eigenvalue weighted by atomic mass is 9.82. The Morgan fingerprint density at radius 3 is 2.36 bits per heavy atom. The van der Waals surface area contributed by atoms with Gasteiger partial charge in [-0.15, -0.1) is 0 Å². The summed E-state index contributed by atoms with van der Waals surface area (Å²) in [5, 5.41) is 8.97. The predicted molar refractivity (Wildman–Crippen MR) is 53.3 cm³/mol. The van der Waals surface area contributed by atoms with Crippen molar-refractivity contribution in [2.75, 3.05) is 13.6 Å². The van der Waals surface area contributed by atoms with Crippen LogP contribution in [0.3, 0.4) is 0 Å². The van der Waals surface area contributed by atoms with Gasteiger partial charge in [-0.25, -0.2) is 12.7 Å². The first kappa shape index (κ1) is 10.4. The van der Waals surface area contributed by atoms with Crippen LogP contribution in [-0.4, -0.2) is 42.8 Å². The zero-order valence-electron chi connectivity index (χ0n) is 8.39. The Morgan fingerprint density at radius 1 is 1.36 bits per heavy atom. The summed E-state index contributed by atoms with van der Waals surface area (Å²) < 4.78 is 24.9. The molecule has 2 aliphatic rings. The van der Waals surface area contributed by atoms with Gasteiger partial charge in [-0.2, -0.15) is 0 Å². The minimum absolute atomic E-state index is 0.113. The van der Waals surface area contributed by atoms with Gasteiger partial charge in [-0.1, -0.05) is 0 Å². The highest BCUT2D eigenvalue weighted by Gasteiger charge is 2.40. The summed E-state index contributed by atoms with van der Waals surface area (Å²) in [5.41, 5.74) is 0. The fourth-order valence-electron chi connectivity index (χ4n) is 1.94. The first-order valence-electron chi connectivity index (χ1n) is 5.13. The Bertz CT molecular complexity index is 304. The highest BCUT2D eigenvalue weighted by molar-refractivity contribution is 7.90. The first-order chi connectivity index (χ1) is 6.50. The van der Waals surface area contributed by atoms with E-state index in [0.29, 0.717) is 12.5 Å². The average Bonchev–Trinajstić information content (AvgIpc) is 2.83. The van der Waals surface area contributed by atoms with Gasteiger partial charge in [0.05, 0.1) is 11.4 Å². The molecule has 0 aromatic heterocycles. The molecule has 2 rings (SSSR count). The highest BCUT2D eigenvalue weighted by atomic mass is 32.2. The number of aliphatic hydroxyl groups is 1. The summed E-state index contributed by atoms with van der Waals surface area (Å²) in [6, 6.07) is 0. The molecule has 4 nitrogen and oxygen atoms in total. The molecular formula is C9H17NO3S. The van der Waals surface area contributed by atoms with Crippen molar-refractivity contribution in [3.8, 4) is 0 Å². The van der Waals surface area contributed by atoms with Crippen LogP contribution in [0.4, 0.5) is 0 Å². The second kappa shape index (κ2) is 3.47. The van der Waals surface area contributed by atoms with Crippen molar-refractivity contribution in [2.24, 2.45) is 5.92 Å². The smallest absolute Gasteiger partial charge is 0.216 e. The molecule has 0 aromatic rings. The third kappa shape index (κ3) is 1.94. The van der Waals surface area contributed by atoms with Crippen molar-refractivity contribution >= 4 is 10.0 Å². The Labute approximate surface area is 85.0 Å². The van der Waals surface area contributed by atoms with E-state index in [4.69, 9.17) is 5.11 Å². The second-order valence-corrected chi connectivity index (χ2v) is 6.84. The van der Waals surface area contributed by atoms with E-state index in [1.807, 2.05) is 0 Å². The molecule has 0 bridgehead atoms. The van der Waals surface area contributed by atoms with Crippen molar-refractivity contribution in [1.82, 2.24) is 4.31 Å². The van der Waals surface area contributed by atoms with Crippen LogP contribution in [0.5, 0.6) is 0 Å². The van der Waals surface area contributed by atoms with Gasteiger partial charge in [0.25, 0.3) is 0 Å². The molecule has 0 spiro atoms. The zero-order valence-corrected chi connectivity index (χ0v) is 9.20. The summed E-state index contributed by atoms with van der Waals surface area (Å²) >= 11 is 0. The van der Waals surface area contributed by atoms with E-state index < -0.39 is 10.0 Å². The number of sulfonamides is 1. The zero-order chi connectivity index (χ0) is 10.3. The minimum atomic E-state index is -3.00. The molecule has 5 heteroatoms. The van der Waals surface area contributed by atoms with E-state index in [1.165, 1.54) is 4.31 Å². The number of nitrogens with zero attached hydrogens (tertiary/aromatic N) is 1. The Kier molecular flexibility index (Phi) is 2.57. The molecule has 0 amide bonds. The summed E-state index contributed by atoms with van der Waals surface area (Å²) in [4.78, 5) is 0. The summed E-state index contributed by atoms with van der Waals surface area (Å²) in [6.45, 7) is 0.579. The largest absolute Gasteiger partial charge is 0.393 e. The maximum absolute atomic E-state index is 11.7. The van der Waals surface area contributed by atoms with Crippen molar-refractivity contribution in [3.05, 3.63) is 0 Å². The lowest BCUT2D eigenvalue weighted by Crippen LogP contribution is -2.40. The Morgan fingerprint density at radius 2 is 1.93 bits per heavy atom. The van der Waals surface area contributed by atoms with E-state index in [-0.39, 0.29) is 11.4 Å². The van der Waals surface area contributed by atoms with E-state index in [9.17, 15) is 8.42 Å². The molecule has 0 atom stereocenters. The van der Waals surface area contributed by atoms with Gasteiger partial charge in [0, 0.05) is 13.6 Å². The normalized spacial score (nSPS) is 33.1. The van der Waals surface area contributed by atoms with Gasteiger partial charge >= 0.3 is 0 Å². The maximum atomic E-state index is 11.7. The summed E-state index contributed by atoms with van der Waals surface area (Å²) in [6.07, 6.45) is 2.95. The topological polar surface area (TPSA) is 57.6 Å². The Balaban J connectivity index is 1.86. The number of hydrogen-bond donors (Lipinski definition) is 1. The van der Waals surface area contributed by atoms with Crippen LogP contribution in [0.2, 0.25) is 0 Å². The van der Waals surface area contributed by atoms with E-state index in [1.54, 1.807) is 7.05 Å². The second-order valence-electron chi connectivity index (χ2n) is 4.52.